The van der Waals surface area contributed by atoms with Crippen molar-refractivity contribution in [2.45, 2.75) is 20.4 Å². The molecule has 1 aromatic carbocycles. The first kappa shape index (κ1) is 10.2. The summed E-state index contributed by atoms with van der Waals surface area (Å²) in [7, 11) is 0. The van der Waals surface area contributed by atoms with Crippen molar-refractivity contribution in [3.8, 4) is 0 Å². The van der Waals surface area contributed by atoms with Crippen molar-refractivity contribution in [2.24, 2.45) is 0 Å². The fourth-order valence-corrected chi connectivity index (χ4v) is 1.93. The summed E-state index contributed by atoms with van der Waals surface area (Å²) in [5.74, 6) is 0. The average molecular weight is 218 g/mol. The number of nitrogens with zero attached hydrogens (tertiary/aromatic N) is 1. The van der Waals surface area contributed by atoms with E-state index in [2.05, 4.69) is 42.3 Å². The van der Waals surface area contributed by atoms with E-state index in [1.54, 1.807) is 11.3 Å². The number of thiazole rings is 1. The van der Waals surface area contributed by atoms with Crippen molar-refractivity contribution in [1.82, 2.24) is 4.98 Å². The molecule has 1 heterocycles. The zero-order chi connectivity index (χ0) is 10.7. The van der Waals surface area contributed by atoms with Gasteiger partial charge in [-0.2, -0.15) is 0 Å². The summed E-state index contributed by atoms with van der Waals surface area (Å²) in [4.78, 5) is 4.18. The third-order valence-corrected chi connectivity index (χ3v) is 3.18. The lowest BCUT2D eigenvalue weighted by Crippen LogP contribution is -1.99. The molecule has 0 aliphatic heterocycles. The second kappa shape index (κ2) is 4.45. The Morgan fingerprint density at radius 2 is 2.13 bits per heavy atom. The molecule has 1 N–H and O–H groups in total. The monoisotopic (exact) mass is 218 g/mol. The van der Waals surface area contributed by atoms with Gasteiger partial charge in [0.15, 0.2) is 5.13 Å². The van der Waals surface area contributed by atoms with Gasteiger partial charge in [0.2, 0.25) is 0 Å². The molecule has 2 nitrogen and oxygen atoms in total. The van der Waals surface area contributed by atoms with Gasteiger partial charge in [-0.1, -0.05) is 18.2 Å². The Balaban J connectivity index is 2.02. The van der Waals surface area contributed by atoms with E-state index in [0.29, 0.717) is 0 Å². The summed E-state index contributed by atoms with van der Waals surface area (Å²) in [5, 5.41) is 6.25. The van der Waals surface area contributed by atoms with Crippen LogP contribution in [0.5, 0.6) is 0 Å². The topological polar surface area (TPSA) is 24.9 Å². The van der Waals surface area contributed by atoms with E-state index in [1.165, 1.54) is 16.7 Å². The summed E-state index contributed by atoms with van der Waals surface area (Å²) < 4.78 is 0. The summed E-state index contributed by atoms with van der Waals surface area (Å²) in [5.41, 5.74) is 3.98. The lowest BCUT2D eigenvalue weighted by molar-refractivity contribution is 1.12. The minimum Gasteiger partial charge on any atom is -0.357 e. The van der Waals surface area contributed by atoms with Crippen LogP contribution in [0.15, 0.2) is 29.8 Å². The number of aryl methyl sites for hydroxylation is 2. The van der Waals surface area contributed by atoms with Crippen LogP contribution in [0.2, 0.25) is 0 Å². The number of hydrogen-bond acceptors (Lipinski definition) is 3. The molecule has 0 aliphatic carbocycles. The van der Waals surface area contributed by atoms with E-state index < -0.39 is 0 Å². The first-order chi connectivity index (χ1) is 7.25. The van der Waals surface area contributed by atoms with E-state index in [9.17, 15) is 0 Å². The van der Waals surface area contributed by atoms with Crippen LogP contribution in [0.1, 0.15) is 16.7 Å². The third kappa shape index (κ3) is 2.57. The minimum atomic E-state index is 0.842. The van der Waals surface area contributed by atoms with Gasteiger partial charge in [0.05, 0.1) is 0 Å². The molecule has 0 atom stereocenters. The Labute approximate surface area is 94.0 Å². The summed E-state index contributed by atoms with van der Waals surface area (Å²) in [6, 6.07) is 6.53. The predicted octanol–water partition coefficient (Wildman–Crippen LogP) is 3.37. The zero-order valence-electron chi connectivity index (χ0n) is 8.95. The molecule has 0 aliphatic rings. The lowest BCUT2D eigenvalue weighted by Gasteiger charge is -2.05. The maximum absolute atomic E-state index is 4.18. The van der Waals surface area contributed by atoms with E-state index in [-0.39, 0.29) is 0 Å². The molecule has 0 spiro atoms. The molecule has 0 saturated carbocycles. The normalized spacial score (nSPS) is 10.3. The fraction of sp³-hybridized carbons (Fsp3) is 0.250. The van der Waals surface area contributed by atoms with Gasteiger partial charge in [-0.15, -0.1) is 11.3 Å². The molecule has 78 valence electrons. The zero-order valence-corrected chi connectivity index (χ0v) is 9.77. The number of anilines is 1. The van der Waals surface area contributed by atoms with Crippen LogP contribution in [0.4, 0.5) is 5.13 Å². The van der Waals surface area contributed by atoms with E-state index in [4.69, 9.17) is 0 Å². The summed E-state index contributed by atoms with van der Waals surface area (Å²) in [6.45, 7) is 5.12. The molecule has 2 aromatic rings. The lowest BCUT2D eigenvalue weighted by atomic mass is 10.1. The smallest absolute Gasteiger partial charge is 0.182 e. The Morgan fingerprint density at radius 3 is 2.80 bits per heavy atom. The highest BCUT2D eigenvalue weighted by molar-refractivity contribution is 7.13. The number of nitrogens with one attached hydrogen (secondary N) is 1. The van der Waals surface area contributed by atoms with E-state index in [1.807, 2.05) is 11.6 Å². The quantitative estimate of drug-likeness (QED) is 0.854. The van der Waals surface area contributed by atoms with Crippen LogP contribution in [0.25, 0.3) is 0 Å². The van der Waals surface area contributed by atoms with Crippen LogP contribution in [-0.2, 0) is 6.54 Å². The molecule has 0 saturated heterocycles. The SMILES string of the molecule is Cc1ccc(CNc2nccs2)cc1C. The van der Waals surface area contributed by atoms with Crippen LogP contribution in [0.3, 0.4) is 0 Å². The second-order valence-electron chi connectivity index (χ2n) is 3.61. The van der Waals surface area contributed by atoms with Crippen LogP contribution in [-0.4, -0.2) is 4.98 Å². The van der Waals surface area contributed by atoms with E-state index >= 15 is 0 Å². The first-order valence-electron chi connectivity index (χ1n) is 4.95. The van der Waals surface area contributed by atoms with Gasteiger partial charge < -0.3 is 5.32 Å². The van der Waals surface area contributed by atoms with Gasteiger partial charge >= 0.3 is 0 Å². The Kier molecular flexibility index (Phi) is 3.02. The minimum absolute atomic E-state index is 0.842. The first-order valence-corrected chi connectivity index (χ1v) is 5.83. The van der Waals surface area contributed by atoms with Gasteiger partial charge in [-0.25, -0.2) is 4.98 Å². The van der Waals surface area contributed by atoms with Gasteiger partial charge in [-0.3, -0.25) is 0 Å². The molecule has 1 aromatic heterocycles. The predicted molar refractivity (Wildman–Crippen MR) is 65.4 cm³/mol. The molecule has 3 heteroatoms. The number of aromatic nitrogens is 1. The van der Waals surface area contributed by atoms with Gasteiger partial charge in [0.25, 0.3) is 0 Å². The second-order valence-corrected chi connectivity index (χ2v) is 4.50. The van der Waals surface area contributed by atoms with Crippen molar-refractivity contribution in [1.29, 1.82) is 0 Å². The average Bonchev–Trinajstić information content (AvgIpc) is 2.73. The largest absolute Gasteiger partial charge is 0.357 e. The fourth-order valence-electron chi connectivity index (χ4n) is 1.40. The van der Waals surface area contributed by atoms with Crippen molar-refractivity contribution >= 4 is 16.5 Å². The molecule has 0 radical (unpaired) electrons. The van der Waals surface area contributed by atoms with Crippen molar-refractivity contribution < 1.29 is 0 Å². The van der Waals surface area contributed by atoms with Crippen molar-refractivity contribution in [3.63, 3.8) is 0 Å². The molecule has 0 fully saturated rings. The maximum atomic E-state index is 4.18. The van der Waals surface area contributed by atoms with Crippen molar-refractivity contribution in [2.75, 3.05) is 5.32 Å². The molecular weight excluding hydrogens is 204 g/mol. The van der Waals surface area contributed by atoms with Crippen LogP contribution in [0, 0.1) is 13.8 Å². The van der Waals surface area contributed by atoms with Gasteiger partial charge in [0, 0.05) is 18.1 Å². The van der Waals surface area contributed by atoms with Gasteiger partial charge in [-0.05, 0) is 30.5 Å². The Bertz CT molecular complexity index is 435. The van der Waals surface area contributed by atoms with Crippen LogP contribution < -0.4 is 5.32 Å². The molecule has 0 amide bonds. The molecular formula is C12H14N2S. The van der Waals surface area contributed by atoms with Gasteiger partial charge in [0.1, 0.15) is 0 Å². The highest BCUT2D eigenvalue weighted by Crippen LogP contribution is 2.14. The molecule has 0 unspecified atom stereocenters. The highest BCUT2D eigenvalue weighted by atomic mass is 32.1. The van der Waals surface area contributed by atoms with E-state index in [0.717, 1.165) is 11.7 Å². The number of rotatable bonds is 3. The number of hydrogen-bond donors (Lipinski definition) is 1. The number of benzene rings is 1. The molecule has 0 bridgehead atoms. The Morgan fingerprint density at radius 1 is 1.27 bits per heavy atom. The summed E-state index contributed by atoms with van der Waals surface area (Å²) in [6.07, 6.45) is 1.81. The standard InChI is InChI=1S/C12H14N2S/c1-9-3-4-11(7-10(9)2)8-14-12-13-5-6-15-12/h3-7H,8H2,1-2H3,(H,13,14). The summed E-state index contributed by atoms with van der Waals surface area (Å²) >= 11 is 1.63. The Hall–Kier alpha value is -1.35. The van der Waals surface area contributed by atoms with Crippen LogP contribution >= 0.6 is 11.3 Å². The molecule has 2 rings (SSSR count). The molecule has 15 heavy (non-hydrogen) atoms. The van der Waals surface area contributed by atoms with Crippen molar-refractivity contribution in [3.05, 3.63) is 46.5 Å². The third-order valence-electron chi connectivity index (χ3n) is 2.45. The highest BCUT2D eigenvalue weighted by Gasteiger charge is 1.97. The maximum Gasteiger partial charge on any atom is 0.182 e.